The fraction of sp³-hybridized carbons (Fsp3) is 0.333. The lowest BCUT2D eigenvalue weighted by molar-refractivity contribution is -0.120. The van der Waals surface area contributed by atoms with Crippen LogP contribution in [0, 0.1) is 18.8 Å². The van der Waals surface area contributed by atoms with Gasteiger partial charge in [0.2, 0.25) is 11.8 Å². The van der Waals surface area contributed by atoms with Gasteiger partial charge in [-0.25, -0.2) is 0 Å². The molecule has 0 spiro atoms. The number of rotatable bonds is 6. The van der Waals surface area contributed by atoms with Gasteiger partial charge in [-0.2, -0.15) is 0 Å². The Morgan fingerprint density at radius 1 is 0.926 bits per heavy atom. The van der Waals surface area contributed by atoms with Crippen molar-refractivity contribution in [3.63, 3.8) is 0 Å². The van der Waals surface area contributed by atoms with Crippen LogP contribution in [-0.4, -0.2) is 11.8 Å². The van der Waals surface area contributed by atoms with E-state index in [1.165, 1.54) is 0 Å². The van der Waals surface area contributed by atoms with E-state index in [1.807, 2.05) is 70.2 Å². The van der Waals surface area contributed by atoms with Crippen molar-refractivity contribution < 1.29 is 9.59 Å². The molecule has 0 saturated carbocycles. The first-order valence-corrected chi connectivity index (χ1v) is 8.82. The number of halogens is 1. The molecule has 0 saturated heterocycles. The van der Waals surface area contributed by atoms with Gasteiger partial charge >= 0.3 is 0 Å². The van der Waals surface area contributed by atoms with E-state index < -0.39 is 5.92 Å². The number of aryl methyl sites for hydroxylation is 1. The zero-order valence-corrected chi connectivity index (χ0v) is 17.0. The summed E-state index contributed by atoms with van der Waals surface area (Å²) >= 11 is 0. The number of nitrogens with one attached hydrogen (secondary N) is 2. The molecule has 6 heteroatoms. The van der Waals surface area contributed by atoms with E-state index in [0.717, 1.165) is 11.1 Å². The van der Waals surface area contributed by atoms with Crippen molar-refractivity contribution >= 4 is 35.6 Å². The summed E-state index contributed by atoms with van der Waals surface area (Å²) in [7, 11) is 0. The minimum Gasteiger partial charge on any atom is -0.326 e. The van der Waals surface area contributed by atoms with E-state index in [0.29, 0.717) is 11.4 Å². The average Bonchev–Trinajstić information content (AvgIpc) is 2.63. The molecule has 0 radical (unpaired) electrons. The summed E-state index contributed by atoms with van der Waals surface area (Å²) in [4.78, 5) is 24.5. The summed E-state index contributed by atoms with van der Waals surface area (Å²) < 4.78 is 0. The van der Waals surface area contributed by atoms with Crippen molar-refractivity contribution in [1.29, 1.82) is 0 Å². The van der Waals surface area contributed by atoms with E-state index >= 15 is 0 Å². The number of carbonyl (C=O) groups excluding carboxylic acids is 2. The lowest BCUT2D eigenvalue weighted by Crippen LogP contribution is -2.30. The third kappa shape index (κ3) is 6.08. The van der Waals surface area contributed by atoms with Crippen LogP contribution < -0.4 is 16.4 Å². The molecular formula is C21H28ClN3O2. The monoisotopic (exact) mass is 389 g/mol. The number of hydrogen-bond donors (Lipinski definition) is 3. The molecule has 2 rings (SSSR count). The minimum absolute atomic E-state index is 0. The number of nitrogens with two attached hydrogens (primary N) is 1. The summed E-state index contributed by atoms with van der Waals surface area (Å²) in [5.41, 5.74) is 9.41. The number of carbonyl (C=O) groups is 2. The van der Waals surface area contributed by atoms with Crippen molar-refractivity contribution in [1.82, 2.24) is 0 Å². The quantitative estimate of drug-likeness (QED) is 0.689. The molecule has 27 heavy (non-hydrogen) atoms. The van der Waals surface area contributed by atoms with E-state index in [-0.39, 0.29) is 36.2 Å². The zero-order chi connectivity index (χ0) is 19.3. The highest BCUT2D eigenvalue weighted by atomic mass is 35.5. The Balaban J connectivity index is 0.00000364. The minimum atomic E-state index is -0.397. The number of amides is 2. The molecule has 2 aromatic carbocycles. The van der Waals surface area contributed by atoms with Crippen LogP contribution in [0.2, 0.25) is 0 Å². The molecule has 4 N–H and O–H groups in total. The van der Waals surface area contributed by atoms with Gasteiger partial charge in [-0.15, -0.1) is 12.4 Å². The first-order chi connectivity index (χ1) is 12.3. The summed E-state index contributed by atoms with van der Waals surface area (Å²) in [6.07, 6.45) is 0. The Labute approximate surface area is 167 Å². The van der Waals surface area contributed by atoms with Gasteiger partial charge in [0.1, 0.15) is 0 Å². The van der Waals surface area contributed by atoms with E-state index in [1.54, 1.807) is 6.07 Å². The molecule has 2 aromatic rings. The van der Waals surface area contributed by atoms with Gasteiger partial charge in [0.15, 0.2) is 0 Å². The van der Waals surface area contributed by atoms with Crippen molar-refractivity contribution in [2.24, 2.45) is 17.6 Å². The third-order valence-electron chi connectivity index (χ3n) is 4.42. The summed E-state index contributed by atoms with van der Waals surface area (Å²) in [6.45, 7) is 7.38. The van der Waals surface area contributed by atoms with Gasteiger partial charge in [0.05, 0.1) is 5.92 Å². The van der Waals surface area contributed by atoms with E-state index in [9.17, 15) is 9.59 Å². The number of anilines is 2. The molecule has 0 aliphatic heterocycles. The molecule has 0 aliphatic carbocycles. The van der Waals surface area contributed by atoms with Crippen molar-refractivity contribution in [3.05, 3.63) is 59.7 Å². The van der Waals surface area contributed by atoms with Crippen LogP contribution in [0.5, 0.6) is 0 Å². The highest BCUT2D eigenvalue weighted by Gasteiger charge is 2.22. The molecule has 0 aliphatic rings. The first kappa shape index (κ1) is 22.7. The SMILES string of the molecule is Cc1ccc(NC(=O)C(C)C)cc1NC(=O)C(C)C(N)c1ccccc1.Cl. The van der Waals surface area contributed by atoms with E-state index in [2.05, 4.69) is 10.6 Å². The number of hydrogen-bond acceptors (Lipinski definition) is 3. The van der Waals surface area contributed by atoms with Gasteiger partial charge in [-0.05, 0) is 30.2 Å². The highest BCUT2D eigenvalue weighted by molar-refractivity contribution is 5.96. The van der Waals surface area contributed by atoms with Gasteiger partial charge in [-0.1, -0.05) is 57.2 Å². The Morgan fingerprint density at radius 2 is 1.56 bits per heavy atom. The van der Waals surface area contributed by atoms with Crippen LogP contribution in [-0.2, 0) is 9.59 Å². The largest absolute Gasteiger partial charge is 0.326 e. The molecule has 2 unspecified atom stereocenters. The second-order valence-corrected chi connectivity index (χ2v) is 6.89. The van der Waals surface area contributed by atoms with Crippen LogP contribution in [0.1, 0.15) is 37.9 Å². The van der Waals surface area contributed by atoms with Crippen molar-refractivity contribution in [3.8, 4) is 0 Å². The fourth-order valence-electron chi connectivity index (χ4n) is 2.49. The molecule has 0 bridgehead atoms. The Bertz CT molecular complexity index is 778. The topological polar surface area (TPSA) is 84.2 Å². The summed E-state index contributed by atoms with van der Waals surface area (Å²) in [6, 6.07) is 14.6. The molecule has 146 valence electrons. The fourth-order valence-corrected chi connectivity index (χ4v) is 2.49. The van der Waals surface area contributed by atoms with Crippen LogP contribution in [0.25, 0.3) is 0 Å². The van der Waals surface area contributed by atoms with Gasteiger partial charge in [0.25, 0.3) is 0 Å². The predicted octanol–water partition coefficient (Wildman–Crippen LogP) is 4.29. The zero-order valence-electron chi connectivity index (χ0n) is 16.2. The molecule has 5 nitrogen and oxygen atoms in total. The maximum Gasteiger partial charge on any atom is 0.229 e. The lowest BCUT2D eigenvalue weighted by Gasteiger charge is -2.21. The van der Waals surface area contributed by atoms with Crippen LogP contribution in [0.15, 0.2) is 48.5 Å². The molecule has 0 heterocycles. The van der Waals surface area contributed by atoms with Gasteiger partial charge in [0, 0.05) is 23.3 Å². The molecular weight excluding hydrogens is 362 g/mol. The highest BCUT2D eigenvalue weighted by Crippen LogP contribution is 2.24. The Kier molecular flexibility index (Phi) is 8.47. The van der Waals surface area contributed by atoms with Crippen LogP contribution in [0.4, 0.5) is 11.4 Å². The Hall–Kier alpha value is -2.37. The molecule has 0 aromatic heterocycles. The smallest absolute Gasteiger partial charge is 0.229 e. The lowest BCUT2D eigenvalue weighted by atomic mass is 9.94. The third-order valence-corrected chi connectivity index (χ3v) is 4.42. The van der Waals surface area contributed by atoms with Crippen LogP contribution >= 0.6 is 12.4 Å². The van der Waals surface area contributed by atoms with Crippen molar-refractivity contribution in [2.75, 3.05) is 10.6 Å². The Morgan fingerprint density at radius 3 is 2.15 bits per heavy atom. The summed E-state index contributed by atoms with van der Waals surface area (Å²) in [5.74, 6) is -0.730. The predicted molar refractivity (Wildman–Crippen MR) is 113 cm³/mol. The van der Waals surface area contributed by atoms with Crippen LogP contribution in [0.3, 0.4) is 0 Å². The molecule has 2 atom stereocenters. The normalized spacial score (nSPS) is 12.7. The second kappa shape index (κ2) is 10.1. The molecule has 0 fully saturated rings. The molecule has 2 amide bonds. The van der Waals surface area contributed by atoms with E-state index in [4.69, 9.17) is 5.73 Å². The standard InChI is InChI=1S/C21H27N3O2.ClH/c1-13(2)20(25)23-17-11-10-14(3)18(12-17)24-21(26)15(4)19(22)16-8-6-5-7-9-16;/h5-13,15,19H,22H2,1-4H3,(H,23,25)(H,24,26);1H. The first-order valence-electron chi connectivity index (χ1n) is 8.82. The number of benzene rings is 2. The van der Waals surface area contributed by atoms with Gasteiger partial charge < -0.3 is 16.4 Å². The maximum atomic E-state index is 12.6. The second-order valence-electron chi connectivity index (χ2n) is 6.89. The average molecular weight is 390 g/mol. The maximum absolute atomic E-state index is 12.6. The van der Waals surface area contributed by atoms with Crippen molar-refractivity contribution in [2.45, 2.75) is 33.7 Å². The summed E-state index contributed by atoms with van der Waals surface area (Å²) in [5, 5.41) is 5.78. The van der Waals surface area contributed by atoms with Gasteiger partial charge in [-0.3, -0.25) is 9.59 Å².